The second-order valence-corrected chi connectivity index (χ2v) is 4.48. The minimum atomic E-state index is 0.186. The summed E-state index contributed by atoms with van der Waals surface area (Å²) in [7, 11) is 0. The Morgan fingerprint density at radius 2 is 1.83 bits per heavy atom. The van der Waals surface area contributed by atoms with E-state index in [-0.39, 0.29) is 6.92 Å². The maximum atomic E-state index is 5.78. The number of benzene rings is 2. The molecule has 0 radical (unpaired) electrons. The first-order chi connectivity index (χ1) is 8.72. The van der Waals surface area contributed by atoms with E-state index >= 15 is 0 Å². The molecule has 2 N–H and O–H groups in total. The third-order valence-electron chi connectivity index (χ3n) is 3.16. The molecule has 0 atom stereocenters. The largest absolute Gasteiger partial charge is 0.457 e. The zero-order chi connectivity index (χ0) is 12.5. The predicted octanol–water partition coefficient (Wildman–Crippen LogP) is 2.42. The molecule has 0 bridgehead atoms. The van der Waals surface area contributed by atoms with Crippen molar-refractivity contribution in [1.29, 1.82) is 0 Å². The van der Waals surface area contributed by atoms with Gasteiger partial charge in [-0.2, -0.15) is 0 Å². The highest BCUT2D eigenvalue weighted by molar-refractivity contribution is 6.67. The van der Waals surface area contributed by atoms with E-state index in [9.17, 15) is 0 Å². The summed E-state index contributed by atoms with van der Waals surface area (Å²) < 4.78 is 11.4. The molecule has 0 unspecified atom stereocenters. The van der Waals surface area contributed by atoms with E-state index < -0.39 is 0 Å². The number of hydrogen-bond donors (Lipinski definition) is 1. The minimum absolute atomic E-state index is 0.186. The normalized spacial score (nSPS) is 13.5. The molecule has 90 valence electrons. The first-order valence-electron chi connectivity index (χ1n) is 6.00. The van der Waals surface area contributed by atoms with Gasteiger partial charge in [-0.05, 0) is 47.4 Å². The van der Waals surface area contributed by atoms with Crippen LogP contribution in [0.2, 0.25) is 6.82 Å². The predicted molar refractivity (Wildman–Crippen MR) is 73.4 cm³/mol. The first kappa shape index (κ1) is 11.2. The van der Waals surface area contributed by atoms with E-state index in [0.29, 0.717) is 6.61 Å². The smallest absolute Gasteiger partial charge is 0.324 e. The number of rotatable bonds is 2. The lowest BCUT2D eigenvalue weighted by molar-refractivity contribution is 0.333. The maximum Gasteiger partial charge on any atom is 0.324 e. The van der Waals surface area contributed by atoms with Crippen LogP contribution in [0.3, 0.4) is 0 Å². The fraction of sp³-hybridized carbons (Fsp3) is 0.143. The highest BCUT2D eigenvalue weighted by Gasteiger charge is 2.23. The summed E-state index contributed by atoms with van der Waals surface area (Å²) in [5.74, 6) is 1.62. The van der Waals surface area contributed by atoms with Crippen molar-refractivity contribution in [2.75, 3.05) is 5.73 Å². The summed E-state index contributed by atoms with van der Waals surface area (Å²) >= 11 is 0. The minimum Gasteiger partial charge on any atom is -0.457 e. The van der Waals surface area contributed by atoms with Crippen LogP contribution in [0.15, 0.2) is 42.5 Å². The van der Waals surface area contributed by atoms with E-state index in [1.54, 1.807) is 0 Å². The average Bonchev–Trinajstić information content (AvgIpc) is 2.74. The molecule has 3 rings (SSSR count). The molecule has 1 aliphatic rings. The van der Waals surface area contributed by atoms with E-state index in [4.69, 9.17) is 15.1 Å². The maximum absolute atomic E-state index is 5.78. The molecule has 3 nitrogen and oxygen atoms in total. The summed E-state index contributed by atoms with van der Waals surface area (Å²) in [4.78, 5) is 0. The summed E-state index contributed by atoms with van der Waals surface area (Å²) in [6.07, 6.45) is 0. The van der Waals surface area contributed by atoms with Crippen molar-refractivity contribution in [3.05, 3.63) is 48.0 Å². The number of nitrogens with two attached hydrogens (primary N) is 1. The molecule has 0 aromatic heterocycles. The average molecular weight is 239 g/mol. The topological polar surface area (TPSA) is 44.5 Å². The molecule has 0 amide bonds. The molecular formula is C14H14BNO2. The second kappa shape index (κ2) is 4.39. The van der Waals surface area contributed by atoms with Gasteiger partial charge in [0.15, 0.2) is 0 Å². The Morgan fingerprint density at radius 1 is 1.11 bits per heavy atom. The first-order valence-corrected chi connectivity index (χ1v) is 6.00. The molecule has 0 fully saturated rings. The molecule has 18 heavy (non-hydrogen) atoms. The van der Waals surface area contributed by atoms with E-state index in [1.165, 1.54) is 11.0 Å². The molecule has 4 heteroatoms. The number of nitrogen functional groups attached to an aromatic ring is 1. The van der Waals surface area contributed by atoms with E-state index in [1.807, 2.05) is 36.4 Å². The van der Waals surface area contributed by atoms with Crippen LogP contribution in [0.4, 0.5) is 5.69 Å². The van der Waals surface area contributed by atoms with Crippen molar-refractivity contribution in [2.45, 2.75) is 13.4 Å². The van der Waals surface area contributed by atoms with Crippen LogP contribution in [0.1, 0.15) is 5.56 Å². The molecule has 2 aromatic rings. The molecule has 1 heterocycles. The molecular weight excluding hydrogens is 225 g/mol. The fourth-order valence-corrected chi connectivity index (χ4v) is 2.14. The van der Waals surface area contributed by atoms with Crippen molar-refractivity contribution in [3.63, 3.8) is 0 Å². The van der Waals surface area contributed by atoms with Crippen molar-refractivity contribution in [2.24, 2.45) is 0 Å². The Bertz CT molecular complexity index is 569. The Kier molecular flexibility index (Phi) is 2.72. The van der Waals surface area contributed by atoms with E-state index in [0.717, 1.165) is 17.2 Å². The Hall–Kier alpha value is -1.94. The Balaban J connectivity index is 1.84. The lowest BCUT2D eigenvalue weighted by Crippen LogP contribution is -2.23. The van der Waals surface area contributed by atoms with Crippen LogP contribution in [0, 0.1) is 0 Å². The number of fused-ring (bicyclic) bond motifs is 1. The van der Waals surface area contributed by atoms with Gasteiger partial charge >= 0.3 is 6.92 Å². The van der Waals surface area contributed by atoms with Gasteiger partial charge in [0.1, 0.15) is 11.5 Å². The van der Waals surface area contributed by atoms with Crippen molar-refractivity contribution >= 4 is 18.1 Å². The summed E-state index contributed by atoms with van der Waals surface area (Å²) in [6, 6.07) is 13.5. The van der Waals surface area contributed by atoms with Crippen molar-refractivity contribution in [1.82, 2.24) is 0 Å². The summed E-state index contributed by atoms with van der Waals surface area (Å²) in [6.45, 7) is 2.91. The van der Waals surface area contributed by atoms with Crippen LogP contribution < -0.4 is 15.9 Å². The standard InChI is InChI=1S/C14H14BNO2/c1-15-14-7-6-13(8-10(14)9-17-15)18-12-4-2-11(16)3-5-12/h2-8H,9,16H2,1H3. The van der Waals surface area contributed by atoms with Crippen LogP contribution >= 0.6 is 0 Å². The number of ether oxygens (including phenoxy) is 1. The fourth-order valence-electron chi connectivity index (χ4n) is 2.14. The van der Waals surface area contributed by atoms with Crippen LogP contribution in [-0.4, -0.2) is 6.92 Å². The SMILES string of the molecule is CB1OCc2cc(Oc3ccc(N)cc3)ccc21. The lowest BCUT2D eigenvalue weighted by Gasteiger charge is -2.07. The van der Waals surface area contributed by atoms with Gasteiger partial charge in [0.2, 0.25) is 0 Å². The zero-order valence-electron chi connectivity index (χ0n) is 10.2. The summed E-state index contributed by atoms with van der Waals surface area (Å²) in [5.41, 5.74) is 8.83. The molecule has 2 aromatic carbocycles. The quantitative estimate of drug-likeness (QED) is 0.646. The van der Waals surface area contributed by atoms with Gasteiger partial charge in [-0.3, -0.25) is 0 Å². The summed E-state index contributed by atoms with van der Waals surface area (Å²) in [5, 5.41) is 0. The van der Waals surface area contributed by atoms with Gasteiger partial charge in [0, 0.05) is 5.69 Å². The molecule has 0 spiro atoms. The van der Waals surface area contributed by atoms with Crippen molar-refractivity contribution < 1.29 is 9.39 Å². The molecule has 1 aliphatic heterocycles. The van der Waals surface area contributed by atoms with Gasteiger partial charge in [-0.1, -0.05) is 12.9 Å². The highest BCUT2D eigenvalue weighted by Crippen LogP contribution is 2.24. The van der Waals surface area contributed by atoms with Crippen molar-refractivity contribution in [3.8, 4) is 11.5 Å². The highest BCUT2D eigenvalue weighted by atomic mass is 16.5. The van der Waals surface area contributed by atoms with Gasteiger partial charge in [0.25, 0.3) is 0 Å². The van der Waals surface area contributed by atoms with Gasteiger partial charge in [-0.15, -0.1) is 0 Å². The second-order valence-electron chi connectivity index (χ2n) is 4.48. The monoisotopic (exact) mass is 239 g/mol. The van der Waals surface area contributed by atoms with Crippen LogP contribution in [-0.2, 0) is 11.3 Å². The Morgan fingerprint density at radius 3 is 2.61 bits per heavy atom. The van der Waals surface area contributed by atoms with Gasteiger partial charge in [-0.25, -0.2) is 0 Å². The lowest BCUT2D eigenvalue weighted by atomic mass is 9.64. The molecule has 0 saturated carbocycles. The number of hydrogen-bond acceptors (Lipinski definition) is 3. The molecule has 0 saturated heterocycles. The van der Waals surface area contributed by atoms with Gasteiger partial charge in [0.05, 0.1) is 6.61 Å². The van der Waals surface area contributed by atoms with Crippen LogP contribution in [0.25, 0.3) is 0 Å². The van der Waals surface area contributed by atoms with E-state index in [2.05, 4.69) is 12.9 Å². The van der Waals surface area contributed by atoms with Gasteiger partial charge < -0.3 is 15.1 Å². The zero-order valence-corrected chi connectivity index (χ0v) is 10.2. The molecule has 0 aliphatic carbocycles. The van der Waals surface area contributed by atoms with Crippen LogP contribution in [0.5, 0.6) is 11.5 Å². The Labute approximate surface area is 107 Å². The third kappa shape index (κ3) is 2.07. The number of anilines is 1. The third-order valence-corrected chi connectivity index (χ3v) is 3.16.